The molecular weight excluding hydrogens is 751 g/mol. The highest BCUT2D eigenvalue weighted by molar-refractivity contribution is 5.92. The van der Waals surface area contributed by atoms with Gasteiger partial charge in [-0.15, -0.1) is 0 Å². The van der Waals surface area contributed by atoms with E-state index in [1.54, 1.807) is 5.43 Å². The number of nitrogens with zero attached hydrogens (tertiary/aromatic N) is 1. The van der Waals surface area contributed by atoms with E-state index in [9.17, 15) is 48.3 Å². The zero-order chi connectivity index (χ0) is 39.7. The summed E-state index contributed by atoms with van der Waals surface area (Å²) in [6, 6.07) is 25.2. The molecule has 0 amide bonds. The van der Waals surface area contributed by atoms with Gasteiger partial charge in [-0.1, -0.05) is 91.0 Å². The van der Waals surface area contributed by atoms with Gasteiger partial charge >= 0.3 is 41.7 Å². The molecule has 19 heteroatoms. The Hall–Kier alpha value is -4.94. The summed E-state index contributed by atoms with van der Waals surface area (Å²) in [6.07, 6.45) is -7.73. The van der Waals surface area contributed by atoms with Crippen LogP contribution in [0, 0.1) is 0 Å². The van der Waals surface area contributed by atoms with E-state index in [2.05, 4.69) is 10.4 Å². The van der Waals surface area contributed by atoms with Crippen molar-refractivity contribution in [2.24, 2.45) is 4.99 Å². The number of ether oxygens (including phenoxy) is 1. The Morgan fingerprint density at radius 1 is 0.472 bits per heavy atom. The Kier molecular flexibility index (Phi) is 10.9. The smallest absolute Gasteiger partial charge is 0.460 e. The lowest BCUT2D eigenvalue weighted by atomic mass is 9.77. The number of rotatable bonds is 13. The van der Waals surface area contributed by atoms with Crippen LogP contribution in [0.3, 0.4) is 0 Å². The van der Waals surface area contributed by atoms with Gasteiger partial charge < -0.3 is 10.2 Å². The Balaban J connectivity index is 1.96. The molecule has 4 rings (SSSR count). The average Bonchev–Trinajstić information content (AvgIpc) is 3.12. The molecule has 0 fully saturated rings. The molecule has 4 aromatic rings. The first kappa shape index (κ1) is 40.8. The topological polar surface area (TPSA) is 45.6 Å². The third-order valence-corrected chi connectivity index (χ3v) is 7.93. The number of nitrogens with one attached hydrogen (secondary N) is 2. The van der Waals surface area contributed by atoms with Crippen LogP contribution in [-0.2, 0) is 5.54 Å². The van der Waals surface area contributed by atoms with Crippen LogP contribution in [0.5, 0.6) is 5.75 Å². The monoisotopic (exact) mass is 775 g/mol. The van der Waals surface area contributed by atoms with Crippen molar-refractivity contribution >= 4 is 11.5 Å². The van der Waals surface area contributed by atoms with Crippen LogP contribution >= 0.6 is 0 Å². The van der Waals surface area contributed by atoms with Gasteiger partial charge in [-0.25, -0.2) is 10.4 Å². The van der Waals surface area contributed by atoms with Crippen LogP contribution in [0.1, 0.15) is 16.7 Å². The summed E-state index contributed by atoms with van der Waals surface area (Å²) < 4.78 is 219. The highest BCUT2D eigenvalue weighted by Gasteiger charge is 2.93. The SMILES string of the molecule is COc1ccc(N=C(NNC(c2ccccc2)(c2ccccc2)c2ccccc2)C(F)(F)C(F)(F)C(F)(F)C(F)(F)C(F)(F)C(F)(F)C(F)(F)F)cc1. The van der Waals surface area contributed by atoms with E-state index in [0.717, 1.165) is 31.4 Å². The predicted molar refractivity (Wildman–Crippen MR) is 161 cm³/mol. The third-order valence-electron chi connectivity index (χ3n) is 7.93. The first-order valence-corrected chi connectivity index (χ1v) is 14.7. The molecule has 2 N–H and O–H groups in total. The summed E-state index contributed by atoms with van der Waals surface area (Å²) in [4.78, 5) is 3.17. The highest BCUT2D eigenvalue weighted by atomic mass is 19.4. The fraction of sp³-hybridized carbons (Fsp3) is 0.265. The van der Waals surface area contributed by atoms with Gasteiger partial charge in [0.25, 0.3) is 0 Å². The van der Waals surface area contributed by atoms with Crippen molar-refractivity contribution in [2.75, 3.05) is 7.11 Å². The highest BCUT2D eigenvalue weighted by Crippen LogP contribution is 2.62. The molecule has 0 atom stereocenters. The number of amidine groups is 1. The molecule has 4 aromatic carbocycles. The van der Waals surface area contributed by atoms with Gasteiger partial charge in [-0.3, -0.25) is 0 Å². The molecule has 0 spiro atoms. The summed E-state index contributed by atoms with van der Waals surface area (Å²) in [5.74, 6) is -50.8. The van der Waals surface area contributed by atoms with E-state index in [-0.39, 0.29) is 22.4 Å². The molecule has 0 aliphatic rings. The van der Waals surface area contributed by atoms with Crippen molar-refractivity contribution in [3.63, 3.8) is 0 Å². The zero-order valence-electron chi connectivity index (χ0n) is 26.5. The van der Waals surface area contributed by atoms with Crippen molar-refractivity contribution in [1.29, 1.82) is 0 Å². The normalized spacial score (nSPS) is 14.2. The molecule has 0 heterocycles. The van der Waals surface area contributed by atoms with Gasteiger partial charge in [0.05, 0.1) is 12.8 Å². The minimum Gasteiger partial charge on any atom is -0.497 e. The van der Waals surface area contributed by atoms with Gasteiger partial charge in [-0.05, 0) is 41.0 Å². The maximum Gasteiger partial charge on any atom is 0.460 e. The zero-order valence-corrected chi connectivity index (χ0v) is 26.5. The molecule has 0 saturated carbocycles. The number of benzene rings is 4. The maximum atomic E-state index is 15.9. The van der Waals surface area contributed by atoms with Crippen molar-refractivity contribution < 1.29 is 70.6 Å². The van der Waals surface area contributed by atoms with Crippen LogP contribution in [0.25, 0.3) is 0 Å². The standard InChI is InChI=1S/C34H24F15N3O/c1-53-25-19-17-24(18-20-25)50-26(28(35,36)29(37,38)30(39,40)31(41,42)32(43,44)33(45,46)34(47,48)49)51-52-27(21-11-5-2-6-12-21,22-13-7-3-8-14-22)23-15-9-4-10-16-23/h2-20,52H,1H3,(H,50,51). The Morgan fingerprint density at radius 2 is 0.830 bits per heavy atom. The first-order valence-electron chi connectivity index (χ1n) is 14.7. The molecule has 0 radical (unpaired) electrons. The van der Waals surface area contributed by atoms with Crippen LogP contribution in [-0.4, -0.2) is 54.7 Å². The molecule has 0 bridgehead atoms. The van der Waals surface area contributed by atoms with Crippen LogP contribution < -0.4 is 15.6 Å². The molecular formula is C34H24F15N3O. The lowest BCUT2D eigenvalue weighted by Crippen LogP contribution is -2.74. The number of alkyl halides is 15. The number of halogens is 15. The lowest BCUT2D eigenvalue weighted by molar-refractivity contribution is -0.448. The molecule has 0 aliphatic heterocycles. The van der Waals surface area contributed by atoms with Gasteiger partial charge in [-0.2, -0.15) is 65.9 Å². The average molecular weight is 776 g/mol. The summed E-state index contributed by atoms with van der Waals surface area (Å²) in [5.41, 5.74) is 1.44. The molecule has 0 saturated heterocycles. The quantitative estimate of drug-likeness (QED) is 0.0468. The summed E-state index contributed by atoms with van der Waals surface area (Å²) in [5, 5.41) is 0. The van der Waals surface area contributed by atoms with E-state index in [0.29, 0.717) is 0 Å². The maximum absolute atomic E-state index is 15.9. The molecule has 0 aliphatic carbocycles. The fourth-order valence-corrected chi connectivity index (χ4v) is 5.01. The van der Waals surface area contributed by atoms with E-state index in [1.807, 2.05) is 0 Å². The second-order valence-corrected chi connectivity index (χ2v) is 11.2. The number of hydrazine groups is 1. The molecule has 0 aromatic heterocycles. The number of hydrogen-bond donors (Lipinski definition) is 2. The van der Waals surface area contributed by atoms with Crippen molar-refractivity contribution in [3.8, 4) is 5.75 Å². The van der Waals surface area contributed by atoms with Crippen molar-refractivity contribution in [3.05, 3.63) is 132 Å². The largest absolute Gasteiger partial charge is 0.497 e. The Bertz CT molecular complexity index is 1750. The molecule has 0 unspecified atom stereocenters. The van der Waals surface area contributed by atoms with Crippen molar-refractivity contribution in [2.45, 2.75) is 47.3 Å². The van der Waals surface area contributed by atoms with Crippen LogP contribution in [0.4, 0.5) is 71.5 Å². The van der Waals surface area contributed by atoms with Gasteiger partial charge in [0, 0.05) is 0 Å². The van der Waals surface area contributed by atoms with Crippen molar-refractivity contribution in [1.82, 2.24) is 10.9 Å². The number of methoxy groups -OCH3 is 1. The molecule has 4 nitrogen and oxygen atoms in total. The van der Waals surface area contributed by atoms with Crippen LogP contribution in [0.2, 0.25) is 0 Å². The number of aliphatic imine (C=N–C) groups is 1. The Labute approximate surface area is 290 Å². The van der Waals surface area contributed by atoms with E-state index in [1.165, 1.54) is 91.0 Å². The van der Waals surface area contributed by atoms with Gasteiger partial charge in [0.15, 0.2) is 5.84 Å². The predicted octanol–water partition coefficient (Wildman–Crippen LogP) is 10.2. The minimum atomic E-state index is -8.48. The summed E-state index contributed by atoms with van der Waals surface area (Å²) in [6.45, 7) is 0. The van der Waals surface area contributed by atoms with E-state index in [4.69, 9.17) is 4.74 Å². The fourth-order valence-electron chi connectivity index (χ4n) is 5.01. The lowest BCUT2D eigenvalue weighted by Gasteiger charge is -2.42. The third kappa shape index (κ3) is 6.74. The summed E-state index contributed by atoms with van der Waals surface area (Å²) in [7, 11) is 1.14. The number of hydrogen-bond acceptors (Lipinski definition) is 3. The minimum absolute atomic E-state index is 0.00363. The molecule has 286 valence electrons. The van der Waals surface area contributed by atoms with E-state index >= 15 is 17.6 Å². The van der Waals surface area contributed by atoms with Gasteiger partial charge in [0.1, 0.15) is 11.3 Å². The van der Waals surface area contributed by atoms with E-state index < -0.39 is 58.8 Å². The second-order valence-electron chi connectivity index (χ2n) is 11.2. The van der Waals surface area contributed by atoms with Crippen LogP contribution in [0.15, 0.2) is 120 Å². The Morgan fingerprint density at radius 3 is 1.19 bits per heavy atom. The second kappa shape index (κ2) is 14.1. The first-order chi connectivity index (χ1) is 24.4. The van der Waals surface area contributed by atoms with Gasteiger partial charge in [0.2, 0.25) is 0 Å². The molecule has 53 heavy (non-hydrogen) atoms. The summed E-state index contributed by atoms with van der Waals surface area (Å²) >= 11 is 0.